The number of aromatic nitrogens is 2. The van der Waals surface area contributed by atoms with Crippen LogP contribution >= 0.6 is 0 Å². The zero-order valence-electron chi connectivity index (χ0n) is 13.4. The van der Waals surface area contributed by atoms with Gasteiger partial charge in [-0.3, -0.25) is 9.48 Å². The molecule has 1 saturated heterocycles. The first-order chi connectivity index (χ1) is 9.75. The van der Waals surface area contributed by atoms with E-state index in [-0.39, 0.29) is 17.2 Å². The van der Waals surface area contributed by atoms with Crippen LogP contribution in [-0.2, 0) is 25.4 Å². The van der Waals surface area contributed by atoms with Crippen molar-refractivity contribution in [1.82, 2.24) is 9.78 Å². The highest BCUT2D eigenvalue weighted by Gasteiger charge is 2.52. The number of aryl methyl sites for hydroxylation is 1. The summed E-state index contributed by atoms with van der Waals surface area (Å²) in [6, 6.07) is 0. The molecule has 0 atom stereocenters. The Morgan fingerprint density at radius 2 is 1.95 bits per heavy atom. The summed E-state index contributed by atoms with van der Waals surface area (Å²) in [6.45, 7) is 8.75. The van der Waals surface area contributed by atoms with Crippen molar-refractivity contribution in [3.63, 3.8) is 0 Å². The molecule has 1 aliphatic rings. The molecule has 21 heavy (non-hydrogen) atoms. The first-order valence-electron chi connectivity index (χ1n) is 7.20. The average Bonchev–Trinajstić information content (AvgIpc) is 2.93. The van der Waals surface area contributed by atoms with Crippen LogP contribution in [0.3, 0.4) is 0 Å². The van der Waals surface area contributed by atoms with Crippen molar-refractivity contribution >= 4 is 18.6 Å². The van der Waals surface area contributed by atoms with Gasteiger partial charge in [0.1, 0.15) is 0 Å². The second-order valence-electron chi connectivity index (χ2n) is 6.30. The second-order valence-corrected chi connectivity index (χ2v) is 6.30. The van der Waals surface area contributed by atoms with Gasteiger partial charge in [-0.2, -0.15) is 5.10 Å². The molecular weight excluding hydrogens is 271 g/mol. The van der Waals surface area contributed by atoms with E-state index in [9.17, 15) is 4.79 Å². The summed E-state index contributed by atoms with van der Waals surface area (Å²) >= 11 is 0. The van der Waals surface area contributed by atoms with E-state index in [1.807, 2.05) is 33.9 Å². The number of carbonyl (C=O) groups is 1. The van der Waals surface area contributed by atoms with Gasteiger partial charge in [0, 0.05) is 30.8 Å². The third kappa shape index (κ3) is 3.47. The molecule has 1 aromatic heterocycles. The molecular formula is C14H23BN2O4. The molecule has 1 fully saturated rings. The number of methoxy groups -OCH3 is 1. The van der Waals surface area contributed by atoms with Crippen LogP contribution < -0.4 is 5.46 Å². The van der Waals surface area contributed by atoms with E-state index >= 15 is 0 Å². The molecule has 0 spiro atoms. The highest BCUT2D eigenvalue weighted by Crippen LogP contribution is 2.36. The maximum Gasteiger partial charge on any atom is 0.498 e. The van der Waals surface area contributed by atoms with Crippen LogP contribution in [0.25, 0.3) is 0 Å². The monoisotopic (exact) mass is 294 g/mol. The van der Waals surface area contributed by atoms with E-state index in [1.165, 1.54) is 7.11 Å². The molecule has 0 amide bonds. The number of hydrogen-bond acceptors (Lipinski definition) is 5. The summed E-state index contributed by atoms with van der Waals surface area (Å²) in [7, 11) is 0.997. The summed E-state index contributed by atoms with van der Waals surface area (Å²) in [6.07, 6.45) is 4.74. The second kappa shape index (κ2) is 5.81. The SMILES string of the molecule is COC(=O)CCCn1cc(B2OC(C)(C)C(C)(C)O2)cn1. The topological polar surface area (TPSA) is 62.6 Å². The van der Waals surface area contributed by atoms with Crippen molar-refractivity contribution in [3.8, 4) is 0 Å². The van der Waals surface area contributed by atoms with Crippen molar-refractivity contribution in [3.05, 3.63) is 12.4 Å². The molecule has 7 heteroatoms. The lowest BCUT2D eigenvalue weighted by atomic mass is 9.82. The van der Waals surface area contributed by atoms with Crippen molar-refractivity contribution in [2.75, 3.05) is 7.11 Å². The minimum Gasteiger partial charge on any atom is -0.469 e. The third-order valence-electron chi connectivity index (χ3n) is 4.17. The molecule has 116 valence electrons. The van der Waals surface area contributed by atoms with Crippen LogP contribution in [0.5, 0.6) is 0 Å². The molecule has 2 rings (SSSR count). The van der Waals surface area contributed by atoms with Gasteiger partial charge in [-0.25, -0.2) is 0 Å². The lowest BCUT2D eigenvalue weighted by Crippen LogP contribution is -2.41. The molecule has 0 bridgehead atoms. The van der Waals surface area contributed by atoms with Gasteiger partial charge in [0.05, 0.1) is 18.3 Å². The van der Waals surface area contributed by atoms with E-state index in [2.05, 4.69) is 9.84 Å². The fourth-order valence-electron chi connectivity index (χ4n) is 2.09. The minimum absolute atomic E-state index is 0.201. The molecule has 0 radical (unpaired) electrons. The van der Waals surface area contributed by atoms with Crippen LogP contribution in [0.1, 0.15) is 40.5 Å². The maximum absolute atomic E-state index is 11.1. The highest BCUT2D eigenvalue weighted by atomic mass is 16.7. The fraction of sp³-hybridized carbons (Fsp3) is 0.714. The van der Waals surface area contributed by atoms with Crippen molar-refractivity contribution < 1.29 is 18.8 Å². The normalized spacial score (nSPS) is 19.8. The molecule has 0 N–H and O–H groups in total. The van der Waals surface area contributed by atoms with Crippen LogP contribution in [0.4, 0.5) is 0 Å². The molecule has 1 aliphatic heterocycles. The van der Waals surface area contributed by atoms with Crippen LogP contribution in [-0.4, -0.2) is 41.2 Å². The summed E-state index contributed by atoms with van der Waals surface area (Å²) < 4.78 is 18.4. The Balaban J connectivity index is 1.94. The molecule has 6 nitrogen and oxygen atoms in total. The van der Waals surface area contributed by atoms with Crippen LogP contribution in [0.2, 0.25) is 0 Å². The quantitative estimate of drug-likeness (QED) is 0.602. The fourth-order valence-corrected chi connectivity index (χ4v) is 2.09. The Hall–Kier alpha value is -1.34. The van der Waals surface area contributed by atoms with E-state index in [0.29, 0.717) is 19.4 Å². The summed E-state index contributed by atoms with van der Waals surface area (Å²) in [5, 5.41) is 4.28. The summed E-state index contributed by atoms with van der Waals surface area (Å²) in [5.74, 6) is -0.201. The number of carbonyl (C=O) groups excluding carboxylic acids is 1. The van der Waals surface area contributed by atoms with Crippen molar-refractivity contribution in [2.24, 2.45) is 0 Å². The van der Waals surface area contributed by atoms with Gasteiger partial charge in [0.15, 0.2) is 0 Å². The van der Waals surface area contributed by atoms with E-state index in [1.54, 1.807) is 10.9 Å². The molecule has 2 heterocycles. The van der Waals surface area contributed by atoms with Gasteiger partial charge in [0.2, 0.25) is 0 Å². The standard InChI is InChI=1S/C14H23BN2O4/c1-13(2)14(3,4)21-15(20-13)11-9-16-17(10-11)8-6-7-12(18)19-5/h9-10H,6-8H2,1-5H3. The Bertz CT molecular complexity index is 497. The number of nitrogens with zero attached hydrogens (tertiary/aromatic N) is 2. The van der Waals surface area contributed by atoms with Crippen LogP contribution in [0.15, 0.2) is 12.4 Å². The zero-order valence-corrected chi connectivity index (χ0v) is 13.4. The van der Waals surface area contributed by atoms with E-state index in [4.69, 9.17) is 9.31 Å². The molecule has 0 aromatic carbocycles. The average molecular weight is 294 g/mol. The maximum atomic E-state index is 11.1. The molecule has 0 unspecified atom stereocenters. The highest BCUT2D eigenvalue weighted by molar-refractivity contribution is 6.61. The number of esters is 1. The lowest BCUT2D eigenvalue weighted by Gasteiger charge is -2.32. The third-order valence-corrected chi connectivity index (χ3v) is 4.17. The molecule has 0 aliphatic carbocycles. The van der Waals surface area contributed by atoms with E-state index in [0.717, 1.165) is 5.46 Å². The van der Waals surface area contributed by atoms with Crippen molar-refractivity contribution in [1.29, 1.82) is 0 Å². The van der Waals surface area contributed by atoms with Crippen LogP contribution in [0, 0.1) is 0 Å². The summed E-state index contributed by atoms with van der Waals surface area (Å²) in [5.41, 5.74) is 0.182. The van der Waals surface area contributed by atoms with Gasteiger partial charge in [0.25, 0.3) is 0 Å². The molecule has 0 saturated carbocycles. The first-order valence-corrected chi connectivity index (χ1v) is 7.20. The van der Waals surface area contributed by atoms with Gasteiger partial charge in [-0.05, 0) is 34.1 Å². The predicted molar refractivity (Wildman–Crippen MR) is 79.2 cm³/mol. The Morgan fingerprint density at radius 1 is 1.33 bits per heavy atom. The van der Waals surface area contributed by atoms with Gasteiger partial charge in [-0.15, -0.1) is 0 Å². The van der Waals surface area contributed by atoms with Crippen molar-refractivity contribution in [2.45, 2.75) is 58.3 Å². The summed E-state index contributed by atoms with van der Waals surface area (Å²) in [4.78, 5) is 11.1. The van der Waals surface area contributed by atoms with E-state index < -0.39 is 7.12 Å². The predicted octanol–water partition coefficient (Wildman–Crippen LogP) is 1.14. The Labute approximate surface area is 125 Å². The lowest BCUT2D eigenvalue weighted by molar-refractivity contribution is -0.140. The number of ether oxygens (including phenoxy) is 1. The first kappa shape index (κ1) is 16.0. The largest absolute Gasteiger partial charge is 0.498 e. The zero-order chi connectivity index (χ0) is 15.7. The molecule has 1 aromatic rings. The minimum atomic E-state index is -0.399. The Kier molecular flexibility index (Phi) is 4.44. The van der Waals surface area contributed by atoms with Gasteiger partial charge in [-0.1, -0.05) is 0 Å². The van der Waals surface area contributed by atoms with Gasteiger partial charge >= 0.3 is 13.1 Å². The van der Waals surface area contributed by atoms with Gasteiger partial charge < -0.3 is 14.0 Å². The smallest absolute Gasteiger partial charge is 0.469 e. The number of hydrogen-bond donors (Lipinski definition) is 0. The Morgan fingerprint density at radius 3 is 2.52 bits per heavy atom. The number of rotatable bonds is 5.